The highest BCUT2D eigenvalue weighted by atomic mass is 16.5. The van der Waals surface area contributed by atoms with Crippen LogP contribution in [0.15, 0.2) is 36.5 Å². The first-order chi connectivity index (χ1) is 19.6. The Balaban J connectivity index is 1.31. The second-order valence-electron chi connectivity index (χ2n) is 12.1. The van der Waals surface area contributed by atoms with Gasteiger partial charge < -0.3 is 29.2 Å². The molecule has 4 aromatic rings. The zero-order valence-electron chi connectivity index (χ0n) is 23.0. The van der Waals surface area contributed by atoms with Gasteiger partial charge in [0, 0.05) is 61.6 Å². The summed E-state index contributed by atoms with van der Waals surface area (Å²) in [4.78, 5) is 25.8. The van der Waals surface area contributed by atoms with E-state index in [2.05, 4.69) is 21.3 Å². The van der Waals surface area contributed by atoms with Gasteiger partial charge in [-0.2, -0.15) is 0 Å². The van der Waals surface area contributed by atoms with Crippen molar-refractivity contribution in [3.8, 4) is 17.3 Å². The van der Waals surface area contributed by atoms with Crippen LogP contribution >= 0.6 is 0 Å². The normalized spacial score (nSPS) is 24.9. The third-order valence-electron chi connectivity index (χ3n) is 9.71. The van der Waals surface area contributed by atoms with Crippen molar-refractivity contribution in [1.29, 1.82) is 0 Å². The number of fused-ring (bicyclic) bond motifs is 4. The van der Waals surface area contributed by atoms with Crippen LogP contribution in [-0.2, 0) is 11.3 Å². The van der Waals surface area contributed by atoms with E-state index in [1.54, 1.807) is 7.11 Å². The van der Waals surface area contributed by atoms with Crippen molar-refractivity contribution in [3.05, 3.63) is 42.1 Å². The van der Waals surface area contributed by atoms with E-state index in [9.17, 15) is 4.79 Å². The van der Waals surface area contributed by atoms with Gasteiger partial charge >= 0.3 is 0 Å². The van der Waals surface area contributed by atoms with Crippen molar-refractivity contribution in [3.63, 3.8) is 0 Å². The fourth-order valence-corrected chi connectivity index (χ4v) is 7.42. The van der Waals surface area contributed by atoms with E-state index in [-0.39, 0.29) is 24.0 Å². The predicted octanol–water partition coefficient (Wildman–Crippen LogP) is 4.38. The molecule has 2 saturated carbocycles. The van der Waals surface area contributed by atoms with Crippen molar-refractivity contribution in [1.82, 2.24) is 24.0 Å². The van der Waals surface area contributed by atoms with E-state index in [1.165, 1.54) is 12.8 Å². The summed E-state index contributed by atoms with van der Waals surface area (Å²) in [5.74, 6) is 2.70. The van der Waals surface area contributed by atoms with Gasteiger partial charge in [0.05, 0.1) is 18.3 Å². The number of methoxy groups -OCH3 is 1. The van der Waals surface area contributed by atoms with Gasteiger partial charge in [0.2, 0.25) is 0 Å². The third-order valence-corrected chi connectivity index (χ3v) is 9.71. The second kappa shape index (κ2) is 9.31. The molecule has 1 amide bonds. The van der Waals surface area contributed by atoms with E-state index >= 15 is 0 Å². The summed E-state index contributed by atoms with van der Waals surface area (Å²) in [7, 11) is 1.69. The molecule has 9 nitrogen and oxygen atoms in total. The number of carbonyl (C=O) groups is 1. The minimum atomic E-state index is 0.0251. The number of hydrogen-bond acceptors (Lipinski definition) is 6. The fourth-order valence-electron chi connectivity index (χ4n) is 7.42. The summed E-state index contributed by atoms with van der Waals surface area (Å²) in [6.07, 6.45) is 8.28. The molecular formula is C31H36N6O3. The number of rotatable bonds is 6. The maximum Gasteiger partial charge on any atom is 0.254 e. The van der Waals surface area contributed by atoms with Gasteiger partial charge in [-0.1, -0.05) is 0 Å². The van der Waals surface area contributed by atoms with E-state index < -0.39 is 0 Å². The molecule has 2 aliphatic carbocycles. The van der Waals surface area contributed by atoms with Crippen LogP contribution in [0.5, 0.6) is 5.75 Å². The summed E-state index contributed by atoms with van der Waals surface area (Å²) in [5, 5.41) is 1.12. The summed E-state index contributed by atoms with van der Waals surface area (Å²) in [6.45, 7) is 3.10. The van der Waals surface area contributed by atoms with Gasteiger partial charge in [-0.25, -0.2) is 9.97 Å². The maximum atomic E-state index is 13.8. The lowest BCUT2D eigenvalue weighted by Gasteiger charge is -2.28. The second-order valence-corrected chi connectivity index (χ2v) is 12.1. The number of carbonyl (C=O) groups excluding carboxylic acids is 1. The summed E-state index contributed by atoms with van der Waals surface area (Å²) >= 11 is 0. The molecule has 0 spiro atoms. The molecule has 2 aliphatic heterocycles. The molecule has 1 aromatic carbocycles. The Bertz CT molecular complexity index is 1610. The Hall–Kier alpha value is -3.43. The van der Waals surface area contributed by atoms with Gasteiger partial charge in [-0.3, -0.25) is 4.79 Å². The number of nitrogens with zero attached hydrogens (tertiary/aromatic N) is 5. The van der Waals surface area contributed by atoms with E-state index in [0.29, 0.717) is 36.4 Å². The molecule has 4 aliphatic rings. The van der Waals surface area contributed by atoms with Crippen LogP contribution in [0, 0.1) is 11.8 Å². The van der Waals surface area contributed by atoms with Crippen LogP contribution < -0.4 is 10.5 Å². The Morgan fingerprint density at radius 3 is 2.70 bits per heavy atom. The quantitative estimate of drug-likeness (QED) is 0.390. The lowest BCUT2D eigenvalue weighted by molar-refractivity contribution is 0.0700. The fraction of sp³-hybridized carbons (Fsp3) is 0.516. The zero-order valence-corrected chi connectivity index (χ0v) is 23.0. The highest BCUT2D eigenvalue weighted by molar-refractivity contribution is 6.00. The maximum absolute atomic E-state index is 13.8. The molecular weight excluding hydrogens is 504 g/mol. The van der Waals surface area contributed by atoms with Gasteiger partial charge in [-0.15, -0.1) is 0 Å². The first kappa shape index (κ1) is 24.4. The Morgan fingerprint density at radius 1 is 1.12 bits per heavy atom. The Morgan fingerprint density at radius 2 is 1.98 bits per heavy atom. The van der Waals surface area contributed by atoms with Crippen LogP contribution in [0.4, 0.5) is 0 Å². The van der Waals surface area contributed by atoms with Crippen LogP contribution in [0.2, 0.25) is 0 Å². The monoisotopic (exact) mass is 540 g/mol. The average molecular weight is 541 g/mol. The highest BCUT2D eigenvalue weighted by Gasteiger charge is 2.47. The Kier molecular flexibility index (Phi) is 5.67. The number of nitrogens with two attached hydrogens (primary N) is 1. The molecule has 8 rings (SSSR count). The molecule has 2 saturated heterocycles. The van der Waals surface area contributed by atoms with Gasteiger partial charge in [0.15, 0.2) is 5.82 Å². The van der Waals surface area contributed by atoms with Crippen LogP contribution in [0.1, 0.15) is 54.9 Å². The van der Waals surface area contributed by atoms with Gasteiger partial charge in [0.25, 0.3) is 5.91 Å². The number of pyridine rings is 1. The highest BCUT2D eigenvalue weighted by Crippen LogP contribution is 2.42. The molecule has 9 heteroatoms. The lowest BCUT2D eigenvalue weighted by Crippen LogP contribution is -2.41. The lowest BCUT2D eigenvalue weighted by atomic mass is 10.1. The van der Waals surface area contributed by atoms with E-state index in [1.807, 2.05) is 29.3 Å². The first-order valence-corrected chi connectivity index (χ1v) is 14.8. The Labute approximate surface area is 233 Å². The first-order valence-electron chi connectivity index (χ1n) is 14.8. The van der Waals surface area contributed by atoms with Crippen LogP contribution in [0.25, 0.3) is 33.6 Å². The third kappa shape index (κ3) is 3.78. The number of amides is 1. The van der Waals surface area contributed by atoms with Crippen molar-refractivity contribution in [2.24, 2.45) is 17.6 Å². The van der Waals surface area contributed by atoms with Crippen LogP contribution in [-0.4, -0.2) is 68.9 Å². The standard InChI is InChI=1S/C31H36N6O3/c1-39-26-15-21(31(38)36-17-20-6-7-24(36)27(20)32)13-23-28(26)37(22-8-11-40-12-9-22)30(34-23)25-14-19-3-2-10-33-29(19)35(25)16-18-4-5-18/h2-3,10,13-15,18,20,22,24,27H,4-9,11-12,16-17,32H2,1H3/t20?,24-,27?/m1/s1. The largest absolute Gasteiger partial charge is 0.494 e. The van der Waals surface area contributed by atoms with Gasteiger partial charge in [0.1, 0.15) is 16.9 Å². The van der Waals surface area contributed by atoms with Crippen LogP contribution in [0.3, 0.4) is 0 Å². The number of aromatic nitrogens is 4. The van der Waals surface area contributed by atoms with Crippen molar-refractivity contribution >= 4 is 28.0 Å². The molecule has 0 radical (unpaired) electrons. The molecule has 40 heavy (non-hydrogen) atoms. The van der Waals surface area contributed by atoms with Crippen molar-refractivity contribution in [2.45, 2.75) is 63.2 Å². The average Bonchev–Trinajstić information content (AvgIpc) is 3.32. The summed E-state index contributed by atoms with van der Waals surface area (Å²) in [6, 6.07) is 10.6. The molecule has 3 atom stereocenters. The summed E-state index contributed by atoms with van der Waals surface area (Å²) < 4.78 is 16.5. The van der Waals surface area contributed by atoms with Crippen molar-refractivity contribution in [2.75, 3.05) is 26.9 Å². The topological polar surface area (TPSA) is 100 Å². The molecule has 4 fully saturated rings. The van der Waals surface area contributed by atoms with Gasteiger partial charge in [-0.05, 0) is 80.7 Å². The minimum absolute atomic E-state index is 0.0251. The molecule has 2 unspecified atom stereocenters. The van der Waals surface area contributed by atoms with Crippen molar-refractivity contribution < 1.29 is 14.3 Å². The molecule has 208 valence electrons. The SMILES string of the molecule is COc1cc(C(=O)N2CC3CC[C@@H]2C3N)cc2nc(-c3cc4cccnc4n3CC3CC3)n(C3CCOCC3)c12. The molecule has 3 aromatic heterocycles. The number of ether oxygens (including phenoxy) is 2. The minimum Gasteiger partial charge on any atom is -0.494 e. The number of likely N-dealkylation sites (tertiary alicyclic amines) is 1. The predicted molar refractivity (Wildman–Crippen MR) is 152 cm³/mol. The number of benzene rings is 1. The number of piperidine rings is 1. The molecule has 5 heterocycles. The van der Waals surface area contributed by atoms with E-state index in [0.717, 1.165) is 72.4 Å². The smallest absolute Gasteiger partial charge is 0.254 e. The summed E-state index contributed by atoms with van der Waals surface area (Å²) in [5.41, 5.74) is 10.9. The molecule has 2 bridgehead atoms. The number of imidazole rings is 1. The molecule has 2 N–H and O–H groups in total. The van der Waals surface area contributed by atoms with E-state index in [4.69, 9.17) is 25.2 Å². The zero-order chi connectivity index (χ0) is 27.0. The number of hydrogen-bond donors (Lipinski definition) is 1.